The molecule has 4 nitrogen and oxygen atoms in total. The summed E-state index contributed by atoms with van der Waals surface area (Å²) in [5.41, 5.74) is 0.865. The second-order valence-corrected chi connectivity index (χ2v) is 5.82. The summed E-state index contributed by atoms with van der Waals surface area (Å²) in [6.07, 6.45) is 1.75. The normalized spacial score (nSPS) is 27.9. The van der Waals surface area contributed by atoms with E-state index in [-0.39, 0.29) is 35.8 Å². The Morgan fingerprint density at radius 2 is 2.10 bits per heavy atom. The molecule has 2 unspecified atom stereocenters. The Balaban J connectivity index is 1.70. The van der Waals surface area contributed by atoms with E-state index in [1.165, 1.54) is 18.2 Å². The van der Waals surface area contributed by atoms with Crippen molar-refractivity contribution in [2.24, 2.45) is 5.92 Å². The number of halogens is 1. The van der Waals surface area contributed by atoms with Crippen LogP contribution in [0.1, 0.15) is 24.0 Å². The summed E-state index contributed by atoms with van der Waals surface area (Å²) < 4.78 is 18.6. The number of hydrogen-bond donors (Lipinski definition) is 1. The average Bonchev–Trinajstić information content (AvgIpc) is 2.48. The molecule has 2 heterocycles. The molecule has 1 aromatic carbocycles. The summed E-state index contributed by atoms with van der Waals surface area (Å²) in [5, 5.41) is 12.5. The van der Waals surface area contributed by atoms with Crippen LogP contribution in [0.25, 0.3) is 0 Å². The summed E-state index contributed by atoms with van der Waals surface area (Å²) in [7, 11) is 0. The standard InChI is InChI=1S/C16H17FN2O2/c17-13-2-1-10(12(3-13)7-18)6-16(20)11-4-14-8-21-9-15(5-11)19-14/h1-3,11,14-15,19H,4-6,8-9H2. The number of fused-ring (bicyclic) bond motifs is 2. The Kier molecular flexibility index (Phi) is 4.00. The minimum Gasteiger partial charge on any atom is -0.378 e. The number of nitrogens with one attached hydrogen (secondary N) is 1. The number of carbonyl (C=O) groups is 1. The van der Waals surface area contributed by atoms with E-state index in [1.807, 2.05) is 6.07 Å². The van der Waals surface area contributed by atoms with Crippen LogP contribution in [0, 0.1) is 23.1 Å². The van der Waals surface area contributed by atoms with E-state index in [1.54, 1.807) is 0 Å². The predicted octanol–water partition coefficient (Wildman–Crippen LogP) is 1.58. The lowest BCUT2D eigenvalue weighted by molar-refractivity contribution is -0.125. The van der Waals surface area contributed by atoms with Crippen molar-refractivity contribution in [3.8, 4) is 6.07 Å². The number of hydrogen-bond acceptors (Lipinski definition) is 4. The van der Waals surface area contributed by atoms with Crippen molar-refractivity contribution >= 4 is 5.78 Å². The third-order valence-corrected chi connectivity index (χ3v) is 4.26. The van der Waals surface area contributed by atoms with Crippen LogP contribution in [0.2, 0.25) is 0 Å². The molecule has 5 heteroatoms. The van der Waals surface area contributed by atoms with Gasteiger partial charge in [0.1, 0.15) is 11.6 Å². The van der Waals surface area contributed by atoms with Gasteiger partial charge in [0.05, 0.1) is 24.8 Å². The largest absolute Gasteiger partial charge is 0.378 e. The van der Waals surface area contributed by atoms with E-state index in [9.17, 15) is 9.18 Å². The van der Waals surface area contributed by atoms with E-state index >= 15 is 0 Å². The van der Waals surface area contributed by atoms with Gasteiger partial charge in [0.15, 0.2) is 0 Å². The second-order valence-electron chi connectivity index (χ2n) is 5.82. The van der Waals surface area contributed by atoms with Gasteiger partial charge in [0, 0.05) is 24.4 Å². The molecule has 2 atom stereocenters. The van der Waals surface area contributed by atoms with Crippen molar-refractivity contribution in [1.29, 1.82) is 5.26 Å². The molecule has 0 radical (unpaired) electrons. The van der Waals surface area contributed by atoms with E-state index < -0.39 is 5.82 Å². The third kappa shape index (κ3) is 3.12. The van der Waals surface area contributed by atoms with Crippen LogP contribution in [0.3, 0.4) is 0 Å². The molecule has 2 aliphatic rings. The lowest BCUT2D eigenvalue weighted by Gasteiger charge is -2.39. The van der Waals surface area contributed by atoms with Crippen LogP contribution in [-0.4, -0.2) is 31.1 Å². The molecule has 2 bridgehead atoms. The summed E-state index contributed by atoms with van der Waals surface area (Å²) in [5.74, 6) is -0.311. The van der Waals surface area contributed by atoms with Gasteiger partial charge in [0.2, 0.25) is 0 Å². The monoisotopic (exact) mass is 288 g/mol. The first-order valence-corrected chi connectivity index (χ1v) is 7.20. The molecule has 1 N–H and O–H groups in total. The van der Waals surface area contributed by atoms with Crippen LogP contribution in [0.15, 0.2) is 18.2 Å². The number of Topliss-reactive ketones (excluding diaryl/α,β-unsaturated/α-hetero) is 1. The molecule has 3 rings (SSSR count). The number of ether oxygens (including phenoxy) is 1. The summed E-state index contributed by atoms with van der Waals surface area (Å²) in [6, 6.07) is 6.48. The van der Waals surface area contributed by atoms with Crippen LogP contribution >= 0.6 is 0 Å². The first-order chi connectivity index (χ1) is 10.2. The molecular weight excluding hydrogens is 271 g/mol. The molecule has 0 saturated carbocycles. The van der Waals surface area contributed by atoms with Crippen molar-refractivity contribution in [2.45, 2.75) is 31.3 Å². The Bertz CT molecular complexity index is 584. The number of morpholine rings is 1. The molecule has 110 valence electrons. The summed E-state index contributed by atoms with van der Waals surface area (Å²) in [6.45, 7) is 1.31. The van der Waals surface area contributed by atoms with E-state index in [0.29, 0.717) is 18.8 Å². The number of carbonyl (C=O) groups excluding carboxylic acids is 1. The zero-order valence-electron chi connectivity index (χ0n) is 11.6. The second kappa shape index (κ2) is 5.92. The molecule has 2 saturated heterocycles. The lowest BCUT2D eigenvalue weighted by atomic mass is 9.82. The molecule has 2 aliphatic heterocycles. The van der Waals surface area contributed by atoms with Crippen molar-refractivity contribution < 1.29 is 13.9 Å². The molecule has 1 aromatic rings. The zero-order chi connectivity index (χ0) is 14.8. The van der Waals surface area contributed by atoms with Gasteiger partial charge in [-0.15, -0.1) is 0 Å². The zero-order valence-corrected chi connectivity index (χ0v) is 11.6. The molecule has 2 fully saturated rings. The van der Waals surface area contributed by atoms with Crippen LogP contribution < -0.4 is 5.32 Å². The number of nitriles is 1. The van der Waals surface area contributed by atoms with Crippen molar-refractivity contribution in [2.75, 3.05) is 13.2 Å². The maximum Gasteiger partial charge on any atom is 0.140 e. The number of benzene rings is 1. The summed E-state index contributed by atoms with van der Waals surface area (Å²) >= 11 is 0. The van der Waals surface area contributed by atoms with E-state index in [2.05, 4.69) is 5.32 Å². The highest BCUT2D eigenvalue weighted by Gasteiger charge is 2.35. The van der Waals surface area contributed by atoms with Crippen molar-refractivity contribution in [3.05, 3.63) is 35.1 Å². The predicted molar refractivity (Wildman–Crippen MR) is 74.1 cm³/mol. The fraction of sp³-hybridized carbons (Fsp3) is 0.500. The van der Waals surface area contributed by atoms with Gasteiger partial charge in [-0.05, 0) is 30.5 Å². The third-order valence-electron chi connectivity index (χ3n) is 4.26. The summed E-state index contributed by atoms with van der Waals surface area (Å²) in [4.78, 5) is 12.5. The fourth-order valence-electron chi connectivity index (χ4n) is 3.24. The molecule has 0 aromatic heterocycles. The number of nitrogens with zero attached hydrogens (tertiary/aromatic N) is 1. The van der Waals surface area contributed by atoms with Crippen molar-refractivity contribution in [1.82, 2.24) is 5.32 Å². The average molecular weight is 288 g/mol. The first-order valence-electron chi connectivity index (χ1n) is 7.20. The fourth-order valence-corrected chi connectivity index (χ4v) is 3.24. The van der Waals surface area contributed by atoms with Crippen LogP contribution in [-0.2, 0) is 16.0 Å². The molecular formula is C16H17FN2O2. The van der Waals surface area contributed by atoms with Gasteiger partial charge in [-0.2, -0.15) is 5.26 Å². The van der Waals surface area contributed by atoms with Gasteiger partial charge < -0.3 is 10.1 Å². The van der Waals surface area contributed by atoms with Crippen LogP contribution in [0.5, 0.6) is 0 Å². The maximum absolute atomic E-state index is 13.1. The Morgan fingerprint density at radius 3 is 2.76 bits per heavy atom. The number of rotatable bonds is 3. The van der Waals surface area contributed by atoms with Gasteiger partial charge in [0.25, 0.3) is 0 Å². The minimum atomic E-state index is -0.448. The molecule has 21 heavy (non-hydrogen) atoms. The highest BCUT2D eigenvalue weighted by Crippen LogP contribution is 2.26. The van der Waals surface area contributed by atoms with Gasteiger partial charge >= 0.3 is 0 Å². The van der Waals surface area contributed by atoms with Crippen molar-refractivity contribution in [3.63, 3.8) is 0 Å². The van der Waals surface area contributed by atoms with Gasteiger partial charge in [-0.25, -0.2) is 4.39 Å². The van der Waals surface area contributed by atoms with Gasteiger partial charge in [-0.3, -0.25) is 4.79 Å². The highest BCUT2D eigenvalue weighted by atomic mass is 19.1. The Morgan fingerprint density at radius 1 is 1.38 bits per heavy atom. The first kappa shape index (κ1) is 14.2. The molecule has 0 spiro atoms. The number of piperidine rings is 1. The van der Waals surface area contributed by atoms with Gasteiger partial charge in [-0.1, -0.05) is 6.07 Å². The number of ketones is 1. The van der Waals surface area contributed by atoms with E-state index in [4.69, 9.17) is 10.00 Å². The lowest BCUT2D eigenvalue weighted by Crippen LogP contribution is -2.55. The SMILES string of the molecule is N#Cc1cc(F)ccc1CC(=O)C1CC2COCC(C1)N2. The highest BCUT2D eigenvalue weighted by molar-refractivity contribution is 5.84. The Labute approximate surface area is 122 Å². The topological polar surface area (TPSA) is 62.1 Å². The minimum absolute atomic E-state index is 0.00162. The molecule has 0 aliphatic carbocycles. The quantitative estimate of drug-likeness (QED) is 0.917. The van der Waals surface area contributed by atoms with E-state index in [0.717, 1.165) is 12.8 Å². The Hall–Kier alpha value is -1.77. The van der Waals surface area contributed by atoms with Crippen LogP contribution in [0.4, 0.5) is 4.39 Å². The smallest absolute Gasteiger partial charge is 0.140 e. The molecule has 0 amide bonds. The maximum atomic E-state index is 13.1.